The standard InChI is InChI=1S/C42H32BNO3/c1-41(2)42(3,4)47-43(46-41)28-18-20-31-35-24-37(30-15-9-10-16-33(30)40(35)45-38(31)23-28)44-36-22-27-13-6-5-12-26(27)21-34(36)32-19-17-25-11-7-8-14-29(25)39(32)44/h5-24H,1-4H3. The van der Waals surface area contributed by atoms with E-state index >= 15 is 0 Å². The molecule has 1 saturated heterocycles. The maximum Gasteiger partial charge on any atom is 0.494 e. The van der Waals surface area contributed by atoms with Gasteiger partial charge >= 0.3 is 7.12 Å². The van der Waals surface area contributed by atoms with E-state index in [1.807, 2.05) is 0 Å². The van der Waals surface area contributed by atoms with E-state index in [1.165, 1.54) is 43.4 Å². The van der Waals surface area contributed by atoms with Crippen molar-refractivity contribution >= 4 is 88.6 Å². The van der Waals surface area contributed by atoms with E-state index in [0.29, 0.717) is 0 Å². The highest BCUT2D eigenvalue weighted by Gasteiger charge is 2.51. The first-order chi connectivity index (χ1) is 22.8. The SMILES string of the molecule is CC1(C)OB(c2ccc3c(c2)oc2c4ccccc4c(-n4c5cc6ccccc6cc5c5ccc6ccccc6c54)cc32)OC1(C)C. The van der Waals surface area contributed by atoms with Crippen LogP contribution in [0.1, 0.15) is 27.7 Å². The van der Waals surface area contributed by atoms with Crippen molar-refractivity contribution in [3.63, 3.8) is 0 Å². The second-order valence-electron chi connectivity index (χ2n) is 14.0. The lowest BCUT2D eigenvalue weighted by atomic mass is 9.79. The van der Waals surface area contributed by atoms with Crippen LogP contribution in [0.4, 0.5) is 0 Å². The van der Waals surface area contributed by atoms with Crippen LogP contribution < -0.4 is 5.46 Å². The van der Waals surface area contributed by atoms with Crippen molar-refractivity contribution in [1.29, 1.82) is 0 Å². The Morgan fingerprint density at radius 1 is 0.511 bits per heavy atom. The molecular weight excluding hydrogens is 577 g/mol. The van der Waals surface area contributed by atoms with E-state index in [0.717, 1.165) is 43.9 Å². The second kappa shape index (κ2) is 9.25. The lowest BCUT2D eigenvalue weighted by molar-refractivity contribution is 0.00578. The fraction of sp³-hybridized carbons (Fsp3) is 0.143. The van der Waals surface area contributed by atoms with Gasteiger partial charge in [0.25, 0.3) is 0 Å². The zero-order valence-corrected chi connectivity index (χ0v) is 26.8. The smallest absolute Gasteiger partial charge is 0.455 e. The lowest BCUT2D eigenvalue weighted by Crippen LogP contribution is -2.41. The van der Waals surface area contributed by atoms with Crippen LogP contribution in [-0.2, 0) is 9.31 Å². The van der Waals surface area contributed by atoms with Crippen LogP contribution in [0.25, 0.3) is 81.7 Å². The Kier molecular flexibility index (Phi) is 5.33. The molecule has 5 heteroatoms. The number of aromatic nitrogens is 1. The molecule has 3 heterocycles. The van der Waals surface area contributed by atoms with Crippen LogP contribution in [0, 0.1) is 0 Å². The fourth-order valence-corrected chi connectivity index (χ4v) is 7.62. The summed E-state index contributed by atoms with van der Waals surface area (Å²) in [5, 5.41) is 11.8. The number of fused-ring (bicyclic) bond motifs is 11. The van der Waals surface area contributed by atoms with Gasteiger partial charge in [-0.2, -0.15) is 0 Å². The molecule has 10 rings (SSSR count). The Morgan fingerprint density at radius 2 is 1.15 bits per heavy atom. The van der Waals surface area contributed by atoms with Gasteiger partial charge in [-0.15, -0.1) is 0 Å². The first kappa shape index (κ1) is 27.1. The van der Waals surface area contributed by atoms with Crippen molar-refractivity contribution in [3.05, 3.63) is 121 Å². The van der Waals surface area contributed by atoms with Gasteiger partial charge in [0.2, 0.25) is 0 Å². The molecule has 226 valence electrons. The zero-order chi connectivity index (χ0) is 31.7. The van der Waals surface area contributed by atoms with Gasteiger partial charge in [-0.3, -0.25) is 0 Å². The van der Waals surface area contributed by atoms with E-state index in [4.69, 9.17) is 13.7 Å². The van der Waals surface area contributed by atoms with Gasteiger partial charge in [-0.05, 0) is 73.6 Å². The molecule has 7 aromatic carbocycles. The molecule has 0 atom stereocenters. The van der Waals surface area contributed by atoms with Crippen molar-refractivity contribution in [3.8, 4) is 5.69 Å². The molecule has 1 fully saturated rings. The normalized spacial score (nSPS) is 16.2. The van der Waals surface area contributed by atoms with Crippen LogP contribution in [0.3, 0.4) is 0 Å². The maximum atomic E-state index is 6.72. The van der Waals surface area contributed by atoms with Gasteiger partial charge in [0.05, 0.1) is 27.9 Å². The summed E-state index contributed by atoms with van der Waals surface area (Å²) in [6, 6.07) is 43.9. The molecule has 0 saturated carbocycles. The van der Waals surface area contributed by atoms with Crippen LogP contribution in [0.15, 0.2) is 126 Å². The summed E-state index contributed by atoms with van der Waals surface area (Å²) in [5.74, 6) is 0. The first-order valence-electron chi connectivity index (χ1n) is 16.4. The molecule has 0 spiro atoms. The average Bonchev–Trinajstić information content (AvgIpc) is 3.68. The predicted octanol–water partition coefficient (Wildman–Crippen LogP) is 10.4. The molecule has 0 aliphatic carbocycles. The van der Waals surface area contributed by atoms with E-state index in [1.54, 1.807) is 0 Å². The first-order valence-corrected chi connectivity index (χ1v) is 16.4. The average molecular weight is 610 g/mol. The quantitative estimate of drug-likeness (QED) is 0.183. The fourth-order valence-electron chi connectivity index (χ4n) is 7.62. The topological polar surface area (TPSA) is 36.5 Å². The number of rotatable bonds is 2. The van der Waals surface area contributed by atoms with Crippen molar-refractivity contribution in [2.24, 2.45) is 0 Å². The van der Waals surface area contributed by atoms with Crippen LogP contribution in [0.2, 0.25) is 0 Å². The van der Waals surface area contributed by atoms with Gasteiger partial charge in [-0.1, -0.05) is 97.1 Å². The van der Waals surface area contributed by atoms with E-state index in [9.17, 15) is 0 Å². The third kappa shape index (κ3) is 3.73. The summed E-state index contributed by atoms with van der Waals surface area (Å²) in [5.41, 5.74) is 5.39. The Hall–Kier alpha value is -5.10. The third-order valence-corrected chi connectivity index (χ3v) is 10.8. The summed E-state index contributed by atoms with van der Waals surface area (Å²) in [6.07, 6.45) is 0. The highest BCUT2D eigenvalue weighted by atomic mass is 16.7. The molecule has 9 aromatic rings. The summed E-state index contributed by atoms with van der Waals surface area (Å²) in [6.45, 7) is 8.34. The number of benzene rings is 7. The van der Waals surface area contributed by atoms with Gasteiger partial charge in [0, 0.05) is 37.7 Å². The molecule has 0 bridgehead atoms. The van der Waals surface area contributed by atoms with Crippen LogP contribution in [-0.4, -0.2) is 22.9 Å². The van der Waals surface area contributed by atoms with Crippen molar-refractivity contribution in [2.75, 3.05) is 0 Å². The molecule has 0 unspecified atom stereocenters. The largest absolute Gasteiger partial charge is 0.494 e. The van der Waals surface area contributed by atoms with Crippen molar-refractivity contribution in [1.82, 2.24) is 4.57 Å². The summed E-state index contributed by atoms with van der Waals surface area (Å²) >= 11 is 0. The molecule has 1 aliphatic heterocycles. The van der Waals surface area contributed by atoms with Crippen LogP contribution in [0.5, 0.6) is 0 Å². The molecule has 0 radical (unpaired) electrons. The number of nitrogens with zero attached hydrogens (tertiary/aromatic N) is 1. The van der Waals surface area contributed by atoms with Crippen molar-refractivity contribution in [2.45, 2.75) is 38.9 Å². The molecule has 0 amide bonds. The maximum absolute atomic E-state index is 6.72. The van der Waals surface area contributed by atoms with Gasteiger partial charge in [0.1, 0.15) is 11.2 Å². The highest BCUT2D eigenvalue weighted by Crippen LogP contribution is 2.43. The Balaban J connectivity index is 1.30. The van der Waals surface area contributed by atoms with Crippen LogP contribution >= 0.6 is 0 Å². The number of hydrogen-bond acceptors (Lipinski definition) is 3. The third-order valence-electron chi connectivity index (χ3n) is 10.8. The molecule has 1 aliphatic rings. The number of furan rings is 1. The molecule has 0 N–H and O–H groups in total. The molecule has 2 aromatic heterocycles. The van der Waals surface area contributed by atoms with Gasteiger partial charge in [-0.25, -0.2) is 0 Å². The van der Waals surface area contributed by atoms with E-state index in [2.05, 4.69) is 154 Å². The zero-order valence-electron chi connectivity index (χ0n) is 26.8. The summed E-state index contributed by atoms with van der Waals surface area (Å²) in [7, 11) is -0.453. The second-order valence-corrected chi connectivity index (χ2v) is 14.0. The van der Waals surface area contributed by atoms with E-state index in [-0.39, 0.29) is 0 Å². The molecule has 4 nitrogen and oxygen atoms in total. The molecular formula is C42H32BNO3. The van der Waals surface area contributed by atoms with Gasteiger partial charge in [0.15, 0.2) is 0 Å². The minimum atomic E-state index is -0.453. The van der Waals surface area contributed by atoms with Gasteiger partial charge < -0.3 is 18.3 Å². The minimum Gasteiger partial charge on any atom is -0.455 e. The van der Waals surface area contributed by atoms with Crippen molar-refractivity contribution < 1.29 is 13.7 Å². The Bertz CT molecular complexity index is 2750. The minimum absolute atomic E-state index is 0.413. The summed E-state index contributed by atoms with van der Waals surface area (Å²) < 4.78 is 22.0. The predicted molar refractivity (Wildman–Crippen MR) is 196 cm³/mol. The Morgan fingerprint density at radius 3 is 1.91 bits per heavy atom. The monoisotopic (exact) mass is 609 g/mol. The van der Waals surface area contributed by atoms with E-state index < -0.39 is 18.3 Å². The Labute approximate surface area is 272 Å². The number of hydrogen-bond donors (Lipinski definition) is 0. The lowest BCUT2D eigenvalue weighted by Gasteiger charge is -2.32. The summed E-state index contributed by atoms with van der Waals surface area (Å²) in [4.78, 5) is 0. The highest BCUT2D eigenvalue weighted by molar-refractivity contribution is 6.62. The molecule has 47 heavy (non-hydrogen) atoms.